The van der Waals surface area contributed by atoms with E-state index in [-0.39, 0.29) is 36.6 Å². The largest absolute Gasteiger partial charge is 0.390 e. The second-order valence-corrected chi connectivity index (χ2v) is 11.0. The third-order valence-corrected chi connectivity index (χ3v) is 7.91. The van der Waals surface area contributed by atoms with E-state index in [1.807, 2.05) is 23.8 Å². The van der Waals surface area contributed by atoms with E-state index in [1.54, 1.807) is 11.0 Å². The van der Waals surface area contributed by atoms with Crippen LogP contribution in [-0.2, 0) is 11.3 Å². The smallest absolute Gasteiger partial charge is 0.367 e. The van der Waals surface area contributed by atoms with Gasteiger partial charge in [0.15, 0.2) is 11.6 Å². The normalized spacial score (nSPS) is 20.3. The number of rotatable bonds is 8. The maximum Gasteiger partial charge on any atom is 0.390 e. The summed E-state index contributed by atoms with van der Waals surface area (Å²) >= 11 is 6.20. The van der Waals surface area contributed by atoms with Gasteiger partial charge in [-0.3, -0.25) is 19.4 Å². The number of hydrogen-bond donors (Lipinski definition) is 2. The summed E-state index contributed by atoms with van der Waals surface area (Å²) in [4.78, 5) is 31.0. The highest BCUT2D eigenvalue weighted by Crippen LogP contribution is 2.32. The number of nitrogens with zero attached hydrogens (tertiary/aromatic N) is 3. The average Bonchev–Trinajstić information content (AvgIpc) is 3.35. The number of hydrogen-bond acceptors (Lipinski definition) is 5. The molecule has 7 nitrogen and oxygen atoms in total. The molecule has 0 spiro atoms. The van der Waals surface area contributed by atoms with Gasteiger partial charge >= 0.3 is 6.18 Å². The lowest BCUT2D eigenvalue weighted by Gasteiger charge is -2.41. The van der Waals surface area contributed by atoms with Crippen molar-refractivity contribution in [1.82, 2.24) is 15.1 Å². The molecular formula is C28H33ClF5N5O2. The van der Waals surface area contributed by atoms with Crippen LogP contribution in [0.3, 0.4) is 0 Å². The number of likely N-dealkylation sites (tertiary alicyclic amines) is 1. The molecule has 2 N–H and O–H groups in total. The van der Waals surface area contributed by atoms with Gasteiger partial charge in [-0.2, -0.15) is 13.2 Å². The maximum absolute atomic E-state index is 15.0. The molecule has 0 aliphatic carbocycles. The zero-order chi connectivity index (χ0) is 29.9. The number of amides is 2. The summed E-state index contributed by atoms with van der Waals surface area (Å²) in [5, 5.41) is 5.63. The van der Waals surface area contributed by atoms with E-state index < -0.39 is 35.7 Å². The second kappa shape index (κ2) is 12.9. The lowest BCUT2D eigenvalue weighted by molar-refractivity contribution is -0.139. The van der Waals surface area contributed by atoms with Crippen LogP contribution in [-0.4, -0.2) is 79.6 Å². The Kier molecular flexibility index (Phi) is 9.76. The predicted molar refractivity (Wildman–Crippen MR) is 147 cm³/mol. The van der Waals surface area contributed by atoms with E-state index in [0.29, 0.717) is 42.5 Å². The first-order valence-corrected chi connectivity index (χ1v) is 13.8. The first-order chi connectivity index (χ1) is 19.3. The van der Waals surface area contributed by atoms with Crippen LogP contribution >= 0.6 is 11.6 Å². The molecule has 2 amide bonds. The van der Waals surface area contributed by atoms with Crippen molar-refractivity contribution in [1.29, 1.82) is 0 Å². The monoisotopic (exact) mass is 601 g/mol. The van der Waals surface area contributed by atoms with Crippen molar-refractivity contribution in [3.8, 4) is 0 Å². The van der Waals surface area contributed by atoms with Gasteiger partial charge in [-0.05, 0) is 57.6 Å². The van der Waals surface area contributed by atoms with Crippen molar-refractivity contribution in [3.05, 3.63) is 58.1 Å². The Labute approximate surface area is 240 Å². The maximum atomic E-state index is 15.0. The number of carbonyl (C=O) groups excluding carboxylic acids is 2. The Morgan fingerprint density at radius 2 is 1.83 bits per heavy atom. The molecule has 0 radical (unpaired) electrons. The van der Waals surface area contributed by atoms with E-state index in [4.69, 9.17) is 11.6 Å². The molecule has 2 aliphatic heterocycles. The summed E-state index contributed by atoms with van der Waals surface area (Å²) in [6, 6.07) is 6.59. The summed E-state index contributed by atoms with van der Waals surface area (Å²) in [6.07, 6.45) is -3.57. The fourth-order valence-corrected chi connectivity index (χ4v) is 5.49. The van der Waals surface area contributed by atoms with Gasteiger partial charge in [0.2, 0.25) is 5.91 Å². The van der Waals surface area contributed by atoms with Crippen LogP contribution in [0.5, 0.6) is 0 Å². The van der Waals surface area contributed by atoms with Crippen molar-refractivity contribution in [2.75, 3.05) is 50.0 Å². The molecular weight excluding hydrogens is 569 g/mol. The summed E-state index contributed by atoms with van der Waals surface area (Å²) < 4.78 is 68.0. The summed E-state index contributed by atoms with van der Waals surface area (Å²) in [5.41, 5.74) is 0.217. The molecule has 4 rings (SSSR count). The third-order valence-electron chi connectivity index (χ3n) is 7.68. The Bertz CT molecular complexity index is 1280. The highest BCUT2D eigenvalue weighted by atomic mass is 35.5. The van der Waals surface area contributed by atoms with Gasteiger partial charge in [-0.1, -0.05) is 17.7 Å². The number of halogens is 6. The van der Waals surface area contributed by atoms with E-state index in [2.05, 4.69) is 10.6 Å². The lowest BCUT2D eigenvalue weighted by atomic mass is 10.1. The van der Waals surface area contributed by atoms with Gasteiger partial charge < -0.3 is 15.5 Å². The first kappa shape index (κ1) is 31.0. The number of benzene rings is 2. The first-order valence-electron chi connectivity index (χ1n) is 13.5. The molecule has 0 aromatic heterocycles. The van der Waals surface area contributed by atoms with Gasteiger partial charge in [0.1, 0.15) is 0 Å². The van der Waals surface area contributed by atoms with Crippen LogP contribution in [0, 0.1) is 11.6 Å². The van der Waals surface area contributed by atoms with Crippen LogP contribution in [0.1, 0.15) is 42.1 Å². The minimum absolute atomic E-state index is 0.0855. The van der Waals surface area contributed by atoms with Gasteiger partial charge in [0.05, 0.1) is 29.4 Å². The van der Waals surface area contributed by atoms with E-state index in [0.717, 1.165) is 19.0 Å². The number of nitrogens with one attached hydrogen (secondary N) is 2. The molecule has 2 aromatic carbocycles. The van der Waals surface area contributed by atoms with Crippen LogP contribution in [0.4, 0.5) is 33.3 Å². The molecule has 2 aliphatic rings. The highest BCUT2D eigenvalue weighted by Gasteiger charge is 2.32. The molecule has 224 valence electrons. The number of alkyl halides is 3. The standard InChI is InChI=1S/C28H33ClF5N5O2/c1-17-16-39(13-12-38(17)11-9-28(32,33)34)23-14-19(29)6-8-21(23)36-26(40)20-7-5-18(24(30)25(20)31)15-35-27(41)22-4-3-10-37(22)2/h5-8,14,17,22H,3-4,9-13,15-16H2,1-2H3,(H,35,41)(H,36,40)/t17-,22?/m1/s1. The zero-order valence-corrected chi connectivity index (χ0v) is 23.6. The molecule has 2 heterocycles. The molecule has 0 bridgehead atoms. The van der Waals surface area contributed by atoms with Gasteiger partial charge in [-0.15, -0.1) is 0 Å². The van der Waals surface area contributed by atoms with Crippen LogP contribution < -0.4 is 15.5 Å². The van der Waals surface area contributed by atoms with E-state index >= 15 is 0 Å². The van der Waals surface area contributed by atoms with Gasteiger partial charge in [0.25, 0.3) is 5.91 Å². The summed E-state index contributed by atoms with van der Waals surface area (Å²) in [7, 11) is 1.83. The predicted octanol–water partition coefficient (Wildman–Crippen LogP) is 5.04. The Morgan fingerprint density at radius 1 is 1.07 bits per heavy atom. The molecule has 2 fully saturated rings. The van der Waals surface area contributed by atoms with E-state index in [1.165, 1.54) is 18.2 Å². The molecule has 13 heteroatoms. The van der Waals surface area contributed by atoms with Crippen LogP contribution in [0.25, 0.3) is 0 Å². The molecule has 0 saturated carbocycles. The fraction of sp³-hybridized carbons (Fsp3) is 0.500. The van der Waals surface area contributed by atoms with Crippen molar-refractivity contribution >= 4 is 34.8 Å². The minimum atomic E-state index is -4.24. The Morgan fingerprint density at radius 3 is 2.49 bits per heavy atom. The second-order valence-electron chi connectivity index (χ2n) is 10.6. The average molecular weight is 602 g/mol. The number of anilines is 2. The third kappa shape index (κ3) is 7.66. The number of piperazine rings is 1. The van der Waals surface area contributed by atoms with Crippen molar-refractivity contribution < 1.29 is 31.5 Å². The van der Waals surface area contributed by atoms with Crippen LogP contribution in [0.2, 0.25) is 5.02 Å². The molecule has 41 heavy (non-hydrogen) atoms. The van der Waals surface area contributed by atoms with Crippen molar-refractivity contribution in [3.63, 3.8) is 0 Å². The Hall–Kier alpha value is -2.96. The lowest BCUT2D eigenvalue weighted by Crippen LogP contribution is -2.52. The van der Waals surface area contributed by atoms with Crippen molar-refractivity contribution in [2.24, 2.45) is 0 Å². The molecule has 1 unspecified atom stereocenters. The zero-order valence-electron chi connectivity index (χ0n) is 22.8. The number of likely N-dealkylation sites (N-methyl/N-ethyl adjacent to an activating group) is 1. The highest BCUT2D eigenvalue weighted by molar-refractivity contribution is 6.31. The fourth-order valence-electron chi connectivity index (χ4n) is 5.32. The topological polar surface area (TPSA) is 67.9 Å². The van der Waals surface area contributed by atoms with Crippen molar-refractivity contribution in [2.45, 2.75) is 51.0 Å². The molecule has 2 atom stereocenters. The van der Waals surface area contributed by atoms with Crippen LogP contribution in [0.15, 0.2) is 30.3 Å². The minimum Gasteiger partial charge on any atom is -0.367 e. The Balaban J connectivity index is 1.43. The summed E-state index contributed by atoms with van der Waals surface area (Å²) in [6.45, 7) is 3.40. The molecule has 2 aromatic rings. The number of carbonyl (C=O) groups is 2. The van der Waals surface area contributed by atoms with Gasteiger partial charge in [-0.25, -0.2) is 8.78 Å². The molecule has 2 saturated heterocycles. The summed E-state index contributed by atoms with van der Waals surface area (Å²) in [5.74, 6) is -3.71. The van der Waals surface area contributed by atoms with Gasteiger partial charge in [0, 0.05) is 49.4 Å². The quantitative estimate of drug-likeness (QED) is 0.415. The SMILES string of the molecule is C[C@@H]1CN(c2cc(Cl)ccc2NC(=O)c2ccc(CNC(=O)C3CCCN3C)c(F)c2F)CCN1CCC(F)(F)F. The van der Waals surface area contributed by atoms with E-state index in [9.17, 15) is 31.5 Å².